The summed E-state index contributed by atoms with van der Waals surface area (Å²) in [7, 11) is 0. The molecule has 20 heavy (non-hydrogen) atoms. The Morgan fingerprint density at radius 3 is 2.65 bits per heavy atom. The van der Waals surface area contributed by atoms with Crippen molar-refractivity contribution in [3.8, 4) is 0 Å². The minimum absolute atomic E-state index is 0.191. The average Bonchev–Trinajstić information content (AvgIpc) is 2.48. The van der Waals surface area contributed by atoms with Crippen LogP contribution in [0.5, 0.6) is 0 Å². The first-order valence-corrected chi connectivity index (χ1v) is 6.42. The normalized spacial score (nSPS) is 10.7. The number of halogens is 1. The predicted octanol–water partition coefficient (Wildman–Crippen LogP) is 3.69. The summed E-state index contributed by atoms with van der Waals surface area (Å²) in [4.78, 5) is 8.47. The molecule has 4 heteroatoms. The zero-order valence-electron chi connectivity index (χ0n) is 11.1. The summed E-state index contributed by atoms with van der Waals surface area (Å²) < 4.78 is 13.7. The van der Waals surface area contributed by atoms with Crippen molar-refractivity contribution in [1.82, 2.24) is 9.97 Å². The van der Waals surface area contributed by atoms with Crippen LogP contribution in [-0.2, 0) is 6.54 Å². The van der Waals surface area contributed by atoms with Crippen molar-refractivity contribution < 1.29 is 4.39 Å². The van der Waals surface area contributed by atoms with E-state index >= 15 is 0 Å². The molecule has 0 unspecified atom stereocenters. The largest absolute Gasteiger partial charge is 0.381 e. The van der Waals surface area contributed by atoms with Gasteiger partial charge in [0.25, 0.3) is 0 Å². The molecule has 1 N–H and O–H groups in total. The molecule has 0 fully saturated rings. The van der Waals surface area contributed by atoms with Crippen LogP contribution in [0.2, 0.25) is 0 Å². The Morgan fingerprint density at radius 2 is 1.80 bits per heavy atom. The second-order valence-corrected chi connectivity index (χ2v) is 4.71. The standard InChI is InChI=1S/C16H14FN3/c1-11-2-4-14(17)12(8-11)10-20-13-3-5-15-16(9-13)19-7-6-18-15/h2-9,20H,10H2,1H3. The fraction of sp³-hybridized carbons (Fsp3) is 0.125. The molecule has 100 valence electrons. The SMILES string of the molecule is Cc1ccc(F)c(CNc2ccc3nccnc3c2)c1. The van der Waals surface area contributed by atoms with Crippen molar-refractivity contribution in [2.24, 2.45) is 0 Å². The molecule has 3 rings (SSSR count). The number of rotatable bonds is 3. The summed E-state index contributed by atoms with van der Waals surface area (Å²) in [6.45, 7) is 2.40. The van der Waals surface area contributed by atoms with E-state index in [2.05, 4.69) is 15.3 Å². The molecule has 0 aliphatic heterocycles. The lowest BCUT2D eigenvalue weighted by Gasteiger charge is -2.09. The summed E-state index contributed by atoms with van der Waals surface area (Å²) in [6.07, 6.45) is 3.32. The Balaban J connectivity index is 1.81. The van der Waals surface area contributed by atoms with Crippen LogP contribution >= 0.6 is 0 Å². The van der Waals surface area contributed by atoms with Gasteiger partial charge in [-0.1, -0.05) is 17.7 Å². The van der Waals surface area contributed by atoms with E-state index in [1.807, 2.05) is 31.2 Å². The molecule has 2 aromatic carbocycles. The molecule has 0 saturated heterocycles. The van der Waals surface area contributed by atoms with Gasteiger partial charge in [-0.2, -0.15) is 0 Å². The average molecular weight is 267 g/mol. The van der Waals surface area contributed by atoms with Crippen molar-refractivity contribution in [2.75, 3.05) is 5.32 Å². The summed E-state index contributed by atoms with van der Waals surface area (Å²) in [5, 5.41) is 3.21. The molecule has 0 bridgehead atoms. The quantitative estimate of drug-likeness (QED) is 0.786. The molecular weight excluding hydrogens is 253 g/mol. The third-order valence-electron chi connectivity index (χ3n) is 3.15. The molecule has 0 saturated carbocycles. The van der Waals surface area contributed by atoms with Crippen LogP contribution < -0.4 is 5.32 Å². The summed E-state index contributed by atoms with van der Waals surface area (Å²) >= 11 is 0. The van der Waals surface area contributed by atoms with Crippen LogP contribution in [0.3, 0.4) is 0 Å². The Hall–Kier alpha value is -2.49. The van der Waals surface area contributed by atoms with E-state index in [-0.39, 0.29) is 5.82 Å². The van der Waals surface area contributed by atoms with E-state index < -0.39 is 0 Å². The van der Waals surface area contributed by atoms with Gasteiger partial charge in [0.05, 0.1) is 11.0 Å². The van der Waals surface area contributed by atoms with Gasteiger partial charge in [0, 0.05) is 30.2 Å². The molecule has 3 aromatic rings. The monoisotopic (exact) mass is 267 g/mol. The highest BCUT2D eigenvalue weighted by molar-refractivity contribution is 5.78. The van der Waals surface area contributed by atoms with Crippen LogP contribution in [0.25, 0.3) is 11.0 Å². The van der Waals surface area contributed by atoms with Gasteiger partial charge in [-0.3, -0.25) is 9.97 Å². The Kier molecular flexibility index (Phi) is 3.29. The van der Waals surface area contributed by atoms with Crippen LogP contribution in [0.4, 0.5) is 10.1 Å². The Labute approximate surface area is 116 Å². The van der Waals surface area contributed by atoms with Crippen molar-refractivity contribution in [1.29, 1.82) is 0 Å². The number of hydrogen-bond acceptors (Lipinski definition) is 3. The zero-order valence-corrected chi connectivity index (χ0v) is 11.1. The highest BCUT2D eigenvalue weighted by Crippen LogP contribution is 2.17. The molecule has 0 spiro atoms. The molecule has 0 amide bonds. The molecule has 0 radical (unpaired) electrons. The van der Waals surface area contributed by atoms with Crippen LogP contribution in [0.15, 0.2) is 48.8 Å². The smallest absolute Gasteiger partial charge is 0.128 e. The first kappa shape index (κ1) is 12.5. The molecule has 3 nitrogen and oxygen atoms in total. The topological polar surface area (TPSA) is 37.8 Å². The van der Waals surface area contributed by atoms with Gasteiger partial charge in [-0.05, 0) is 31.2 Å². The van der Waals surface area contributed by atoms with Crippen molar-refractivity contribution in [3.05, 3.63) is 65.7 Å². The van der Waals surface area contributed by atoms with Gasteiger partial charge < -0.3 is 5.32 Å². The third kappa shape index (κ3) is 2.59. The Morgan fingerprint density at radius 1 is 1.00 bits per heavy atom. The minimum atomic E-state index is -0.191. The first-order chi connectivity index (χ1) is 9.72. The van der Waals surface area contributed by atoms with Gasteiger partial charge in [-0.25, -0.2) is 4.39 Å². The number of aryl methyl sites for hydroxylation is 1. The number of hydrogen-bond donors (Lipinski definition) is 1. The molecular formula is C16H14FN3. The second kappa shape index (κ2) is 5.25. The lowest BCUT2D eigenvalue weighted by molar-refractivity contribution is 0.612. The van der Waals surface area contributed by atoms with E-state index in [1.165, 1.54) is 6.07 Å². The lowest BCUT2D eigenvalue weighted by Crippen LogP contribution is -2.02. The zero-order chi connectivity index (χ0) is 13.9. The highest BCUT2D eigenvalue weighted by atomic mass is 19.1. The van der Waals surface area contributed by atoms with Crippen LogP contribution in [0.1, 0.15) is 11.1 Å². The number of nitrogens with zero attached hydrogens (tertiary/aromatic N) is 2. The number of aromatic nitrogens is 2. The van der Waals surface area contributed by atoms with Crippen LogP contribution in [0, 0.1) is 12.7 Å². The van der Waals surface area contributed by atoms with Gasteiger partial charge in [0.2, 0.25) is 0 Å². The van der Waals surface area contributed by atoms with E-state index in [4.69, 9.17) is 0 Å². The van der Waals surface area contributed by atoms with Gasteiger partial charge in [-0.15, -0.1) is 0 Å². The number of benzene rings is 2. The van der Waals surface area contributed by atoms with E-state index in [1.54, 1.807) is 18.5 Å². The van der Waals surface area contributed by atoms with E-state index in [0.29, 0.717) is 12.1 Å². The van der Waals surface area contributed by atoms with E-state index in [0.717, 1.165) is 22.3 Å². The van der Waals surface area contributed by atoms with Gasteiger partial charge in [0.1, 0.15) is 5.82 Å². The van der Waals surface area contributed by atoms with E-state index in [9.17, 15) is 4.39 Å². The number of anilines is 1. The maximum atomic E-state index is 13.7. The first-order valence-electron chi connectivity index (χ1n) is 6.42. The number of nitrogens with one attached hydrogen (secondary N) is 1. The molecule has 1 heterocycles. The molecule has 0 aliphatic carbocycles. The fourth-order valence-electron chi connectivity index (χ4n) is 2.11. The van der Waals surface area contributed by atoms with Crippen LogP contribution in [-0.4, -0.2) is 9.97 Å². The van der Waals surface area contributed by atoms with Crippen molar-refractivity contribution >= 4 is 16.7 Å². The Bertz CT molecular complexity index is 756. The number of fused-ring (bicyclic) bond motifs is 1. The lowest BCUT2D eigenvalue weighted by atomic mass is 10.1. The summed E-state index contributed by atoms with van der Waals surface area (Å²) in [5.74, 6) is -0.191. The van der Waals surface area contributed by atoms with Gasteiger partial charge in [0.15, 0.2) is 0 Å². The molecule has 0 atom stereocenters. The van der Waals surface area contributed by atoms with Gasteiger partial charge >= 0.3 is 0 Å². The fourth-order valence-corrected chi connectivity index (χ4v) is 2.11. The second-order valence-electron chi connectivity index (χ2n) is 4.71. The maximum Gasteiger partial charge on any atom is 0.128 e. The maximum absolute atomic E-state index is 13.7. The minimum Gasteiger partial charge on any atom is -0.381 e. The molecule has 0 aliphatic rings. The predicted molar refractivity (Wildman–Crippen MR) is 78.0 cm³/mol. The van der Waals surface area contributed by atoms with Crippen molar-refractivity contribution in [2.45, 2.75) is 13.5 Å². The summed E-state index contributed by atoms with van der Waals surface area (Å²) in [5.41, 5.74) is 4.28. The van der Waals surface area contributed by atoms with Crippen molar-refractivity contribution in [3.63, 3.8) is 0 Å². The highest BCUT2D eigenvalue weighted by Gasteiger charge is 2.03. The summed E-state index contributed by atoms with van der Waals surface area (Å²) in [6, 6.07) is 10.9. The molecule has 1 aromatic heterocycles. The third-order valence-corrected chi connectivity index (χ3v) is 3.15.